The van der Waals surface area contributed by atoms with E-state index in [1.54, 1.807) is 7.11 Å². The number of ether oxygens (including phenoxy) is 1. The largest absolute Gasteiger partial charge is 0.497 e. The molecular formula is C19H17IO2S. The first-order valence-electron chi connectivity index (χ1n) is 7.19. The van der Waals surface area contributed by atoms with Crippen LogP contribution in [-0.4, -0.2) is 11.3 Å². The average molecular weight is 436 g/mol. The van der Waals surface area contributed by atoms with Gasteiger partial charge in [0.1, 0.15) is 5.75 Å². The first-order chi connectivity index (χ1) is 11.1. The van der Waals surface area contributed by atoms with Crippen LogP contribution < -0.4 is 4.74 Å². The van der Waals surface area contributed by atoms with Crippen LogP contribution in [-0.2, 0) is 6.24 Å². The minimum atomic E-state index is -3.44. The Bertz CT molecular complexity index is 815. The van der Waals surface area contributed by atoms with Gasteiger partial charge in [-0.2, -0.15) is 0 Å². The van der Waals surface area contributed by atoms with Gasteiger partial charge in [0.2, 0.25) is 0 Å². The van der Waals surface area contributed by atoms with Crippen LogP contribution in [0.5, 0.6) is 5.75 Å². The summed E-state index contributed by atoms with van der Waals surface area (Å²) < 4.78 is 19.8. The van der Waals surface area contributed by atoms with Gasteiger partial charge in [-0.15, -0.1) is 0 Å². The topological polar surface area (TPSA) is 26.3 Å². The first-order valence-corrected chi connectivity index (χ1v) is 11.7. The molecule has 0 aromatic heterocycles. The highest BCUT2D eigenvalue weighted by molar-refractivity contribution is 14.2. The Morgan fingerprint density at radius 1 is 0.696 bits per heavy atom. The molecule has 0 bridgehead atoms. The van der Waals surface area contributed by atoms with E-state index in [4.69, 9.17) is 4.74 Å². The maximum absolute atomic E-state index is 14.5. The second-order valence-electron chi connectivity index (χ2n) is 5.15. The maximum atomic E-state index is 14.5. The van der Waals surface area contributed by atoms with E-state index in [9.17, 15) is 4.21 Å². The fourth-order valence-corrected chi connectivity index (χ4v) is 7.92. The summed E-state index contributed by atoms with van der Waals surface area (Å²) in [6.07, 6.45) is -3.44. The summed E-state index contributed by atoms with van der Waals surface area (Å²) in [7, 11) is 1.63. The van der Waals surface area contributed by atoms with Crippen molar-refractivity contribution in [1.82, 2.24) is 0 Å². The lowest BCUT2D eigenvalue weighted by molar-refractivity contribution is 0.414. The Kier molecular flexibility index (Phi) is 4.29. The Balaban J connectivity index is 2.33. The summed E-state index contributed by atoms with van der Waals surface area (Å²) in [5.74, 6) is 0.751. The molecule has 0 radical (unpaired) electrons. The molecule has 2 nitrogen and oxygen atoms in total. The summed E-state index contributed by atoms with van der Waals surface area (Å²) in [6.45, 7) is 0. The third-order valence-electron chi connectivity index (χ3n) is 3.81. The van der Waals surface area contributed by atoms with Gasteiger partial charge in [-0.3, -0.25) is 4.21 Å². The predicted octanol–water partition coefficient (Wildman–Crippen LogP) is 5.34. The molecule has 0 saturated carbocycles. The fourth-order valence-electron chi connectivity index (χ4n) is 2.55. The summed E-state index contributed by atoms with van der Waals surface area (Å²) in [4.78, 5) is 2.39. The standard InChI is InChI=1S/C19H17IO2S/c1-22-16-12-14-19(15-13-16)23(20,21,17-8-4-2-5-9-17)18-10-6-3-7-11-18/h2-15H,1H3. The molecule has 0 aliphatic rings. The molecule has 0 unspecified atom stereocenters. The van der Waals surface area contributed by atoms with E-state index in [1.807, 2.05) is 84.9 Å². The highest BCUT2D eigenvalue weighted by Gasteiger charge is 2.40. The molecule has 0 spiro atoms. The van der Waals surface area contributed by atoms with Gasteiger partial charge in [0, 0.05) is 42.1 Å². The van der Waals surface area contributed by atoms with Crippen molar-refractivity contribution in [2.45, 2.75) is 14.7 Å². The minimum Gasteiger partial charge on any atom is -0.497 e. The molecule has 0 heterocycles. The molecule has 0 aliphatic carbocycles. The Labute approximate surface area is 148 Å². The third kappa shape index (κ3) is 2.70. The molecule has 118 valence electrons. The number of halogens is 1. The quantitative estimate of drug-likeness (QED) is 0.408. The van der Waals surface area contributed by atoms with Gasteiger partial charge < -0.3 is 4.74 Å². The lowest BCUT2D eigenvalue weighted by Gasteiger charge is -2.37. The van der Waals surface area contributed by atoms with Gasteiger partial charge in [-0.25, -0.2) is 0 Å². The van der Waals surface area contributed by atoms with E-state index in [2.05, 4.69) is 21.2 Å². The molecule has 3 rings (SSSR count). The minimum absolute atomic E-state index is 0.751. The lowest BCUT2D eigenvalue weighted by Crippen LogP contribution is -2.25. The molecule has 0 aliphatic heterocycles. The molecule has 23 heavy (non-hydrogen) atoms. The van der Waals surface area contributed by atoms with Crippen LogP contribution in [0.15, 0.2) is 99.6 Å². The number of hydrogen-bond acceptors (Lipinski definition) is 2. The second-order valence-corrected chi connectivity index (χ2v) is 13.3. The first kappa shape index (κ1) is 16.2. The molecule has 0 fully saturated rings. The van der Waals surface area contributed by atoms with Crippen LogP contribution in [0.4, 0.5) is 0 Å². The van der Waals surface area contributed by atoms with Crippen molar-refractivity contribution < 1.29 is 8.95 Å². The van der Waals surface area contributed by atoms with E-state index < -0.39 is 6.24 Å². The highest BCUT2D eigenvalue weighted by atomic mass is 127. The van der Waals surface area contributed by atoms with Crippen molar-refractivity contribution in [1.29, 1.82) is 0 Å². The molecule has 0 amide bonds. The molecule has 4 heteroatoms. The van der Waals surface area contributed by atoms with Crippen LogP contribution in [0.25, 0.3) is 0 Å². The van der Waals surface area contributed by atoms with Crippen molar-refractivity contribution in [2.24, 2.45) is 0 Å². The molecule has 0 N–H and O–H groups in total. The number of hydrogen-bond donors (Lipinski definition) is 0. The smallest absolute Gasteiger partial charge is 0.118 e. The summed E-state index contributed by atoms with van der Waals surface area (Å²) in [5, 5.41) is 0. The van der Waals surface area contributed by atoms with E-state index in [-0.39, 0.29) is 0 Å². The number of methoxy groups -OCH3 is 1. The normalized spacial score (nSPS) is 13.0. The van der Waals surface area contributed by atoms with Crippen LogP contribution in [0, 0.1) is 0 Å². The van der Waals surface area contributed by atoms with Crippen molar-refractivity contribution in [2.75, 3.05) is 7.11 Å². The van der Waals surface area contributed by atoms with Crippen LogP contribution in [0.3, 0.4) is 0 Å². The van der Waals surface area contributed by atoms with Crippen molar-refractivity contribution in [3.63, 3.8) is 0 Å². The number of rotatable bonds is 4. The molecule has 0 saturated heterocycles. The summed E-state index contributed by atoms with van der Waals surface area (Å²) in [6, 6.07) is 26.8. The van der Waals surface area contributed by atoms with Gasteiger partial charge in [0.25, 0.3) is 0 Å². The SMILES string of the molecule is COc1ccc(S(=O)(I)(c2ccccc2)c2ccccc2)cc1. The highest BCUT2D eigenvalue weighted by Crippen LogP contribution is 2.56. The van der Waals surface area contributed by atoms with Crippen molar-refractivity contribution in [3.8, 4) is 5.75 Å². The van der Waals surface area contributed by atoms with Gasteiger partial charge in [0.05, 0.1) is 7.11 Å². The summed E-state index contributed by atoms with van der Waals surface area (Å²) in [5.41, 5.74) is 0. The zero-order valence-corrected chi connectivity index (χ0v) is 15.7. The fraction of sp³-hybridized carbons (Fsp3) is 0.0526. The van der Waals surface area contributed by atoms with E-state index in [0.717, 1.165) is 20.4 Å². The van der Waals surface area contributed by atoms with Crippen LogP contribution in [0.1, 0.15) is 0 Å². The Morgan fingerprint density at radius 2 is 1.09 bits per heavy atom. The monoisotopic (exact) mass is 436 g/mol. The lowest BCUT2D eigenvalue weighted by atomic mass is 10.3. The molecular weight excluding hydrogens is 419 g/mol. The Hall–Kier alpha value is -1.66. The van der Waals surface area contributed by atoms with Gasteiger partial charge in [-0.05, 0) is 48.5 Å². The van der Waals surface area contributed by atoms with E-state index in [0.29, 0.717) is 0 Å². The zero-order chi connectivity index (χ0) is 16.4. The van der Waals surface area contributed by atoms with Crippen molar-refractivity contribution >= 4 is 27.4 Å². The predicted molar refractivity (Wildman–Crippen MR) is 103 cm³/mol. The maximum Gasteiger partial charge on any atom is 0.118 e. The van der Waals surface area contributed by atoms with Crippen molar-refractivity contribution in [3.05, 3.63) is 84.9 Å². The molecule has 3 aromatic rings. The zero-order valence-electron chi connectivity index (χ0n) is 12.7. The second kappa shape index (κ2) is 6.09. The van der Waals surface area contributed by atoms with Gasteiger partial charge in [-0.1, -0.05) is 36.4 Å². The Morgan fingerprint density at radius 3 is 1.48 bits per heavy atom. The van der Waals surface area contributed by atoms with E-state index >= 15 is 0 Å². The third-order valence-corrected chi connectivity index (χ3v) is 11.7. The summed E-state index contributed by atoms with van der Waals surface area (Å²) >= 11 is 2.14. The van der Waals surface area contributed by atoms with Crippen LogP contribution in [0.2, 0.25) is 0 Å². The average Bonchev–Trinajstić information content (AvgIpc) is 2.63. The molecule has 0 atom stereocenters. The van der Waals surface area contributed by atoms with Gasteiger partial charge in [0.15, 0.2) is 0 Å². The van der Waals surface area contributed by atoms with E-state index in [1.165, 1.54) is 0 Å². The van der Waals surface area contributed by atoms with Gasteiger partial charge >= 0.3 is 0 Å². The number of benzene rings is 3. The molecule has 3 aromatic carbocycles. The van der Waals surface area contributed by atoms with Crippen LogP contribution >= 0.6 is 21.2 Å².